The van der Waals surface area contributed by atoms with Gasteiger partial charge in [-0.05, 0) is 47.9 Å². The summed E-state index contributed by atoms with van der Waals surface area (Å²) in [5, 5.41) is 4.14. The summed E-state index contributed by atoms with van der Waals surface area (Å²) in [5.41, 5.74) is 2.60. The fourth-order valence-corrected chi connectivity index (χ4v) is 4.38. The van der Waals surface area contributed by atoms with Crippen molar-refractivity contribution in [2.75, 3.05) is 48.6 Å². The number of hydrogen-bond donors (Lipinski definition) is 0. The van der Waals surface area contributed by atoms with Crippen LogP contribution >= 0.6 is 0 Å². The summed E-state index contributed by atoms with van der Waals surface area (Å²) in [7, 11) is 7.83. The summed E-state index contributed by atoms with van der Waals surface area (Å²) in [6.07, 6.45) is 4.38. The van der Waals surface area contributed by atoms with E-state index in [-0.39, 0.29) is 5.91 Å². The number of rotatable bonds is 14. The van der Waals surface area contributed by atoms with E-state index < -0.39 is 0 Å². The van der Waals surface area contributed by atoms with Crippen molar-refractivity contribution in [1.82, 2.24) is 15.0 Å². The number of aromatic nitrogens is 2. The number of carbonyl (C=O) groups is 1. The van der Waals surface area contributed by atoms with Gasteiger partial charge in [0, 0.05) is 31.1 Å². The highest BCUT2D eigenvalue weighted by Gasteiger charge is 2.19. The van der Waals surface area contributed by atoms with E-state index in [1.165, 1.54) is 0 Å². The largest absolute Gasteiger partial charge is 0.493 e. The number of hydrogen-bond acceptors (Lipinski definition) is 9. The van der Waals surface area contributed by atoms with Crippen LogP contribution in [0.2, 0.25) is 0 Å². The lowest BCUT2D eigenvalue weighted by Gasteiger charge is -2.21. The SMILES string of the molecule is COc1ccc(CCN(CCc2nc(-c3cc(OC)c(OC)c(OC)c3)no2)C(=O)C=Cc2ccccc2)cc1OC. The van der Waals surface area contributed by atoms with Crippen LogP contribution in [0, 0.1) is 0 Å². The zero-order valence-electron chi connectivity index (χ0n) is 24.5. The molecule has 0 fully saturated rings. The number of carbonyl (C=O) groups excluding carboxylic acids is 1. The highest BCUT2D eigenvalue weighted by molar-refractivity contribution is 5.91. The van der Waals surface area contributed by atoms with Crippen LogP contribution in [-0.4, -0.2) is 69.6 Å². The molecule has 0 bridgehead atoms. The molecule has 1 aromatic heterocycles. The van der Waals surface area contributed by atoms with Gasteiger partial charge in [0.2, 0.25) is 23.4 Å². The normalized spacial score (nSPS) is 10.9. The van der Waals surface area contributed by atoms with Gasteiger partial charge < -0.3 is 33.1 Å². The molecule has 4 aromatic rings. The second-order valence-corrected chi connectivity index (χ2v) is 9.18. The fourth-order valence-electron chi connectivity index (χ4n) is 4.38. The Morgan fingerprint density at radius 2 is 1.45 bits per heavy atom. The first-order chi connectivity index (χ1) is 20.5. The molecule has 1 heterocycles. The molecular weight excluding hydrogens is 538 g/mol. The van der Waals surface area contributed by atoms with E-state index in [1.807, 2.05) is 48.5 Å². The second kappa shape index (κ2) is 14.6. The summed E-state index contributed by atoms with van der Waals surface area (Å²) in [4.78, 5) is 19.6. The zero-order chi connectivity index (χ0) is 29.9. The van der Waals surface area contributed by atoms with Gasteiger partial charge in [-0.25, -0.2) is 0 Å². The molecule has 0 aliphatic carbocycles. The second-order valence-electron chi connectivity index (χ2n) is 9.18. The van der Waals surface area contributed by atoms with Crippen LogP contribution in [0.1, 0.15) is 17.0 Å². The summed E-state index contributed by atoms with van der Waals surface area (Å²) in [6.45, 7) is 0.851. The quantitative estimate of drug-likeness (QED) is 0.190. The first-order valence-corrected chi connectivity index (χ1v) is 13.4. The molecule has 0 aliphatic rings. The molecule has 10 nitrogen and oxygen atoms in total. The molecule has 0 radical (unpaired) electrons. The third kappa shape index (κ3) is 7.39. The van der Waals surface area contributed by atoms with Crippen molar-refractivity contribution in [3.05, 3.63) is 83.8 Å². The van der Waals surface area contributed by atoms with Gasteiger partial charge in [0.15, 0.2) is 23.0 Å². The first-order valence-electron chi connectivity index (χ1n) is 13.4. The zero-order valence-corrected chi connectivity index (χ0v) is 24.5. The van der Waals surface area contributed by atoms with Crippen LogP contribution < -0.4 is 23.7 Å². The Morgan fingerprint density at radius 3 is 2.10 bits per heavy atom. The van der Waals surface area contributed by atoms with Crippen LogP contribution in [0.5, 0.6) is 28.7 Å². The lowest BCUT2D eigenvalue weighted by atomic mass is 10.1. The van der Waals surface area contributed by atoms with E-state index >= 15 is 0 Å². The van der Waals surface area contributed by atoms with Gasteiger partial charge in [-0.15, -0.1) is 0 Å². The van der Waals surface area contributed by atoms with Crippen LogP contribution in [0.3, 0.4) is 0 Å². The monoisotopic (exact) mass is 573 g/mol. The van der Waals surface area contributed by atoms with Crippen LogP contribution in [0.4, 0.5) is 0 Å². The molecule has 0 spiro atoms. The van der Waals surface area contributed by atoms with E-state index in [2.05, 4.69) is 10.1 Å². The summed E-state index contributed by atoms with van der Waals surface area (Å²) >= 11 is 0. The Morgan fingerprint density at radius 1 is 0.786 bits per heavy atom. The number of methoxy groups -OCH3 is 5. The topological polar surface area (TPSA) is 105 Å². The minimum absolute atomic E-state index is 0.122. The number of ether oxygens (including phenoxy) is 5. The number of nitrogens with zero attached hydrogens (tertiary/aromatic N) is 3. The summed E-state index contributed by atoms with van der Waals surface area (Å²) < 4.78 is 32.6. The van der Waals surface area contributed by atoms with Crippen molar-refractivity contribution in [2.45, 2.75) is 12.8 Å². The number of amides is 1. The van der Waals surface area contributed by atoms with Crippen molar-refractivity contribution in [3.63, 3.8) is 0 Å². The molecule has 0 aliphatic heterocycles. The standard InChI is InChI=1S/C32H35N3O7/c1-37-25-13-11-23(19-26(25)38-2)15-17-35(30(36)14-12-22-9-7-6-8-10-22)18-16-29-33-32(34-42-29)24-20-27(39-3)31(41-5)28(21-24)40-4/h6-14,19-21H,15-18H2,1-5H3. The van der Waals surface area contributed by atoms with E-state index in [1.54, 1.807) is 64.7 Å². The Labute approximate surface area is 245 Å². The van der Waals surface area contributed by atoms with Gasteiger partial charge in [-0.3, -0.25) is 4.79 Å². The van der Waals surface area contributed by atoms with Gasteiger partial charge in [-0.2, -0.15) is 4.98 Å². The van der Waals surface area contributed by atoms with Crippen LogP contribution in [0.15, 0.2) is 71.3 Å². The average Bonchev–Trinajstić information content (AvgIpc) is 3.52. The molecule has 0 saturated carbocycles. The van der Waals surface area contributed by atoms with Crippen LogP contribution in [0.25, 0.3) is 17.5 Å². The fraction of sp³-hybridized carbons (Fsp3) is 0.281. The highest BCUT2D eigenvalue weighted by Crippen LogP contribution is 2.40. The van der Waals surface area contributed by atoms with Crippen molar-refractivity contribution in [1.29, 1.82) is 0 Å². The molecule has 0 atom stereocenters. The van der Waals surface area contributed by atoms with Gasteiger partial charge in [0.05, 0.1) is 35.5 Å². The Balaban J connectivity index is 1.50. The van der Waals surface area contributed by atoms with Gasteiger partial charge in [0.25, 0.3) is 0 Å². The molecule has 10 heteroatoms. The van der Waals surface area contributed by atoms with Gasteiger partial charge in [-0.1, -0.05) is 41.6 Å². The lowest BCUT2D eigenvalue weighted by molar-refractivity contribution is -0.126. The summed E-state index contributed by atoms with van der Waals surface area (Å²) in [5.74, 6) is 3.38. The maximum Gasteiger partial charge on any atom is 0.246 e. The maximum absolute atomic E-state index is 13.3. The summed E-state index contributed by atoms with van der Waals surface area (Å²) in [6, 6.07) is 18.9. The highest BCUT2D eigenvalue weighted by atomic mass is 16.5. The molecule has 0 unspecified atom stereocenters. The lowest BCUT2D eigenvalue weighted by Crippen LogP contribution is -2.33. The third-order valence-electron chi connectivity index (χ3n) is 6.63. The molecule has 1 amide bonds. The van der Waals surface area contributed by atoms with Crippen molar-refractivity contribution in [3.8, 4) is 40.1 Å². The molecule has 42 heavy (non-hydrogen) atoms. The van der Waals surface area contributed by atoms with E-state index in [0.717, 1.165) is 11.1 Å². The molecule has 220 valence electrons. The van der Waals surface area contributed by atoms with Gasteiger partial charge >= 0.3 is 0 Å². The Kier molecular flexibility index (Phi) is 10.4. The Hall–Kier alpha value is -4.99. The molecule has 3 aromatic carbocycles. The molecular formula is C32H35N3O7. The molecule has 0 saturated heterocycles. The van der Waals surface area contributed by atoms with Crippen molar-refractivity contribution in [2.24, 2.45) is 0 Å². The average molecular weight is 574 g/mol. The predicted molar refractivity (Wildman–Crippen MR) is 158 cm³/mol. The Bertz CT molecular complexity index is 1480. The molecule has 4 rings (SSSR count). The number of benzene rings is 3. The van der Waals surface area contributed by atoms with Gasteiger partial charge in [0.1, 0.15) is 0 Å². The maximum atomic E-state index is 13.3. The minimum Gasteiger partial charge on any atom is -0.493 e. The minimum atomic E-state index is -0.122. The van der Waals surface area contributed by atoms with Crippen LogP contribution in [-0.2, 0) is 17.6 Å². The van der Waals surface area contributed by atoms with E-state index in [9.17, 15) is 4.79 Å². The third-order valence-corrected chi connectivity index (χ3v) is 6.63. The smallest absolute Gasteiger partial charge is 0.246 e. The van der Waals surface area contributed by atoms with Crippen molar-refractivity contribution < 1.29 is 33.0 Å². The van der Waals surface area contributed by atoms with E-state index in [0.29, 0.717) is 72.0 Å². The predicted octanol–water partition coefficient (Wildman–Crippen LogP) is 5.11. The first kappa shape index (κ1) is 30.0. The van der Waals surface area contributed by atoms with E-state index in [4.69, 9.17) is 28.2 Å². The molecule has 0 N–H and O–H groups in total. The van der Waals surface area contributed by atoms with Crippen molar-refractivity contribution >= 4 is 12.0 Å².